The Hall–Kier alpha value is -1.54. The van der Waals surface area contributed by atoms with E-state index in [1.807, 2.05) is 5.43 Å². The van der Waals surface area contributed by atoms with E-state index >= 15 is 0 Å². The highest BCUT2D eigenvalue weighted by molar-refractivity contribution is 7.49. The monoisotopic (exact) mass is 251 g/mol. The highest BCUT2D eigenvalue weighted by Gasteiger charge is 2.14. The molecule has 0 aliphatic heterocycles. The summed E-state index contributed by atoms with van der Waals surface area (Å²) in [7, 11) is -4.54. The van der Waals surface area contributed by atoms with Crippen molar-refractivity contribution in [1.29, 1.82) is 0 Å². The Bertz CT molecular complexity index is 461. The topological polar surface area (TPSA) is 125 Å². The summed E-state index contributed by atoms with van der Waals surface area (Å²) in [5.41, 5.74) is 1.14. The first kappa shape index (κ1) is 12.5. The fourth-order valence-electron chi connectivity index (χ4n) is 0.852. The third-order valence-electron chi connectivity index (χ3n) is 1.50. The minimum absolute atomic E-state index is 0.311. The van der Waals surface area contributed by atoms with E-state index in [4.69, 9.17) is 9.79 Å². The van der Waals surface area contributed by atoms with Crippen molar-refractivity contribution in [2.45, 2.75) is 0 Å². The molecule has 1 rings (SSSR count). The Morgan fingerprint density at radius 1 is 1.44 bits per heavy atom. The van der Waals surface area contributed by atoms with Crippen LogP contribution in [0.5, 0.6) is 0 Å². The summed E-state index contributed by atoms with van der Waals surface area (Å²) in [4.78, 5) is 26.3. The maximum absolute atomic E-state index is 13.1. The lowest BCUT2D eigenvalue weighted by molar-refractivity contribution is -0.385. The van der Waals surface area contributed by atoms with Gasteiger partial charge in [0.25, 0.3) is 5.69 Å². The van der Waals surface area contributed by atoms with Crippen LogP contribution >= 0.6 is 7.75 Å². The van der Waals surface area contributed by atoms with E-state index < -0.39 is 24.2 Å². The van der Waals surface area contributed by atoms with Crippen molar-refractivity contribution in [2.75, 3.05) is 5.43 Å². The van der Waals surface area contributed by atoms with Crippen LogP contribution in [-0.4, -0.2) is 14.7 Å². The summed E-state index contributed by atoms with van der Waals surface area (Å²) in [6.07, 6.45) is 0. The molecule has 8 nitrogen and oxygen atoms in total. The molecule has 16 heavy (non-hydrogen) atoms. The van der Waals surface area contributed by atoms with Gasteiger partial charge in [0, 0.05) is 6.07 Å². The molecule has 1 aromatic rings. The van der Waals surface area contributed by atoms with Gasteiger partial charge < -0.3 is 15.2 Å². The summed E-state index contributed by atoms with van der Waals surface area (Å²) in [5.74, 6) is -1.00. The number of hydrogen-bond acceptors (Lipinski definition) is 4. The first-order valence-corrected chi connectivity index (χ1v) is 5.43. The van der Waals surface area contributed by atoms with Gasteiger partial charge in [0.2, 0.25) is 0 Å². The summed E-state index contributed by atoms with van der Waals surface area (Å²) < 4.78 is 23.5. The zero-order valence-electron chi connectivity index (χ0n) is 7.62. The number of nitrogens with one attached hydrogen (secondary N) is 2. The predicted octanol–water partition coefficient (Wildman–Crippen LogP) is 0.743. The normalized spacial score (nSPS) is 11.2. The van der Waals surface area contributed by atoms with Crippen molar-refractivity contribution in [3.8, 4) is 0 Å². The van der Waals surface area contributed by atoms with Gasteiger partial charge in [-0.05, 0) is 6.07 Å². The largest absolute Gasteiger partial charge is 0.417 e. The number of hydrogen-bond donors (Lipinski definition) is 4. The van der Waals surface area contributed by atoms with E-state index in [9.17, 15) is 19.1 Å². The standard InChI is InChI=1S/C6H7FN3O5P/c7-5-3-4(10(11)12)1-2-6(5)8-9-16(13,14)15/h1-3,8H,(H3,9,13,14,15). The summed E-state index contributed by atoms with van der Waals surface area (Å²) in [6.45, 7) is 0. The predicted molar refractivity (Wildman–Crippen MR) is 51.9 cm³/mol. The fourth-order valence-corrected chi connectivity index (χ4v) is 1.12. The van der Waals surface area contributed by atoms with E-state index in [0.717, 1.165) is 12.1 Å². The molecule has 0 aliphatic rings. The third-order valence-corrected chi connectivity index (χ3v) is 1.90. The van der Waals surface area contributed by atoms with Crippen molar-refractivity contribution < 1.29 is 23.7 Å². The highest BCUT2D eigenvalue weighted by atomic mass is 31.2. The molecular formula is C6H7FN3O5P. The first-order chi connectivity index (χ1) is 7.29. The van der Waals surface area contributed by atoms with Crippen molar-refractivity contribution in [3.63, 3.8) is 0 Å². The van der Waals surface area contributed by atoms with Crippen LogP contribution < -0.4 is 10.6 Å². The Balaban J connectivity index is 2.84. The smallest absolute Gasteiger partial charge is 0.311 e. The van der Waals surface area contributed by atoms with Crippen LogP contribution in [0, 0.1) is 15.9 Å². The van der Waals surface area contributed by atoms with Crippen LogP contribution in [0.15, 0.2) is 18.2 Å². The number of nitro benzene ring substituents is 1. The SMILES string of the molecule is O=[N+]([O-])c1ccc(NNP(=O)(O)O)c(F)c1. The van der Waals surface area contributed by atoms with Crippen molar-refractivity contribution in [3.05, 3.63) is 34.1 Å². The summed E-state index contributed by atoms with van der Waals surface area (Å²) >= 11 is 0. The van der Waals surface area contributed by atoms with Crippen LogP contribution in [0.1, 0.15) is 0 Å². The maximum atomic E-state index is 13.1. The molecule has 0 heterocycles. The highest BCUT2D eigenvalue weighted by Crippen LogP contribution is 2.28. The molecule has 0 aliphatic carbocycles. The van der Waals surface area contributed by atoms with Gasteiger partial charge in [-0.15, -0.1) is 5.20 Å². The number of nitro groups is 1. The van der Waals surface area contributed by atoms with E-state index in [2.05, 4.69) is 0 Å². The number of hydrazine groups is 1. The van der Waals surface area contributed by atoms with Crippen molar-refractivity contribution in [1.82, 2.24) is 5.20 Å². The minimum Gasteiger partial charge on any atom is -0.311 e. The molecule has 0 atom stereocenters. The van der Waals surface area contributed by atoms with Gasteiger partial charge >= 0.3 is 7.75 Å². The molecule has 0 aromatic heterocycles. The Labute approximate surface area is 88.4 Å². The molecule has 0 saturated carbocycles. The Morgan fingerprint density at radius 2 is 2.06 bits per heavy atom. The second-order valence-electron chi connectivity index (χ2n) is 2.70. The van der Waals surface area contributed by atoms with E-state index in [1.165, 1.54) is 5.20 Å². The van der Waals surface area contributed by atoms with Gasteiger partial charge in [-0.2, -0.15) is 0 Å². The van der Waals surface area contributed by atoms with Gasteiger partial charge in [-0.3, -0.25) is 10.1 Å². The number of anilines is 1. The van der Waals surface area contributed by atoms with Crippen LogP contribution in [0.3, 0.4) is 0 Å². The molecular weight excluding hydrogens is 244 g/mol. The molecule has 0 bridgehead atoms. The molecule has 0 saturated heterocycles. The van der Waals surface area contributed by atoms with Gasteiger partial charge in [0.05, 0.1) is 16.7 Å². The molecule has 0 spiro atoms. The number of nitrogens with zero attached hydrogens (tertiary/aromatic N) is 1. The third kappa shape index (κ3) is 3.55. The molecule has 88 valence electrons. The van der Waals surface area contributed by atoms with Gasteiger partial charge in [0.1, 0.15) is 0 Å². The van der Waals surface area contributed by atoms with Crippen molar-refractivity contribution >= 4 is 19.1 Å². The van der Waals surface area contributed by atoms with Crippen LogP contribution in [0.25, 0.3) is 0 Å². The van der Waals surface area contributed by atoms with E-state index in [0.29, 0.717) is 6.07 Å². The van der Waals surface area contributed by atoms with Crippen LogP contribution in [0.4, 0.5) is 15.8 Å². The molecule has 4 N–H and O–H groups in total. The Morgan fingerprint density at radius 3 is 2.50 bits per heavy atom. The maximum Gasteiger partial charge on any atom is 0.417 e. The Kier molecular flexibility index (Phi) is 3.55. The molecule has 0 radical (unpaired) electrons. The van der Waals surface area contributed by atoms with E-state index in [1.54, 1.807) is 0 Å². The number of non-ortho nitro benzene ring substituents is 1. The second kappa shape index (κ2) is 4.54. The lowest BCUT2D eigenvalue weighted by atomic mass is 10.3. The van der Waals surface area contributed by atoms with Gasteiger partial charge in [0.15, 0.2) is 5.82 Å². The molecule has 0 fully saturated rings. The summed E-state index contributed by atoms with van der Waals surface area (Å²) in [6, 6.07) is 2.60. The number of halogens is 1. The van der Waals surface area contributed by atoms with E-state index in [-0.39, 0.29) is 5.69 Å². The van der Waals surface area contributed by atoms with Crippen LogP contribution in [0.2, 0.25) is 0 Å². The van der Waals surface area contributed by atoms with Gasteiger partial charge in [-0.1, -0.05) is 0 Å². The quantitative estimate of drug-likeness (QED) is 0.353. The fraction of sp³-hybridized carbons (Fsp3) is 0. The molecule has 0 unspecified atom stereocenters. The molecule has 0 amide bonds. The minimum atomic E-state index is -4.54. The second-order valence-corrected chi connectivity index (χ2v) is 4.01. The summed E-state index contributed by atoms with van der Waals surface area (Å²) in [5, 5.41) is 11.8. The lowest BCUT2D eigenvalue weighted by Gasteiger charge is -2.09. The molecule has 1 aromatic carbocycles. The molecule has 10 heteroatoms. The van der Waals surface area contributed by atoms with Crippen molar-refractivity contribution in [2.24, 2.45) is 0 Å². The zero-order chi connectivity index (χ0) is 12.3. The van der Waals surface area contributed by atoms with Crippen LogP contribution in [-0.2, 0) is 4.57 Å². The number of benzene rings is 1. The first-order valence-electron chi connectivity index (χ1n) is 3.82. The number of rotatable bonds is 4. The zero-order valence-corrected chi connectivity index (χ0v) is 8.52. The lowest BCUT2D eigenvalue weighted by Crippen LogP contribution is -2.18. The average Bonchev–Trinajstić information content (AvgIpc) is 2.14. The van der Waals surface area contributed by atoms with Gasteiger partial charge in [-0.25, -0.2) is 8.96 Å². The average molecular weight is 251 g/mol.